The van der Waals surface area contributed by atoms with Crippen LogP contribution in [0.25, 0.3) is 0 Å². The molecule has 1 unspecified atom stereocenters. The fourth-order valence-electron chi connectivity index (χ4n) is 0.747. The Labute approximate surface area is 74.2 Å². The highest BCUT2D eigenvalue weighted by Crippen LogP contribution is 1.90. The molecule has 5 heteroatoms. The summed E-state index contributed by atoms with van der Waals surface area (Å²) in [5.74, 6) is 0.0983. The van der Waals surface area contributed by atoms with E-state index in [-0.39, 0.29) is 18.5 Å². The summed E-state index contributed by atoms with van der Waals surface area (Å²) in [5, 5.41) is 2.94. The van der Waals surface area contributed by atoms with Crippen LogP contribution in [0.15, 0.2) is 0 Å². The number of sulfone groups is 1. The predicted molar refractivity (Wildman–Crippen MR) is 49.1 cm³/mol. The van der Waals surface area contributed by atoms with Crippen molar-refractivity contribution >= 4 is 9.84 Å². The quantitative estimate of drug-likeness (QED) is 0.630. The van der Waals surface area contributed by atoms with Crippen LogP contribution in [0.1, 0.15) is 6.92 Å². The molecule has 0 rings (SSSR count). The van der Waals surface area contributed by atoms with Gasteiger partial charge in [-0.1, -0.05) is 0 Å². The van der Waals surface area contributed by atoms with E-state index in [0.29, 0.717) is 0 Å². The summed E-state index contributed by atoms with van der Waals surface area (Å²) in [6.07, 6.45) is 1.27. The van der Waals surface area contributed by atoms with E-state index < -0.39 is 9.84 Å². The average molecular weight is 195 g/mol. The van der Waals surface area contributed by atoms with E-state index in [2.05, 4.69) is 5.32 Å². The highest BCUT2D eigenvalue weighted by molar-refractivity contribution is 7.90. The fourth-order valence-corrected chi connectivity index (χ4v) is 1.15. The van der Waals surface area contributed by atoms with Gasteiger partial charge >= 0.3 is 0 Å². The number of hydrogen-bond acceptors (Lipinski definition) is 4. The van der Waals surface area contributed by atoms with Crippen LogP contribution in [0, 0.1) is 0 Å². The number of nitrogens with one attached hydrogen (secondary N) is 1. The monoisotopic (exact) mass is 195 g/mol. The molecule has 0 aromatic heterocycles. The largest absolute Gasteiger partial charge is 0.376 e. The van der Waals surface area contributed by atoms with Crippen LogP contribution in [-0.4, -0.2) is 46.7 Å². The van der Waals surface area contributed by atoms with Gasteiger partial charge in [-0.3, -0.25) is 0 Å². The molecule has 0 heterocycles. The smallest absolute Gasteiger partial charge is 0.149 e. The predicted octanol–water partition coefficient (Wildman–Crippen LogP) is -0.344. The molecule has 0 amide bonds. The molecule has 0 aliphatic rings. The molecule has 0 bridgehead atoms. The van der Waals surface area contributed by atoms with Gasteiger partial charge in [0.15, 0.2) is 0 Å². The molecular formula is C7H17NO3S. The minimum absolute atomic E-state index is 0.0664. The molecule has 0 aromatic carbocycles. The van der Waals surface area contributed by atoms with Crippen molar-refractivity contribution < 1.29 is 13.2 Å². The van der Waals surface area contributed by atoms with Gasteiger partial charge in [-0.15, -0.1) is 0 Å². The van der Waals surface area contributed by atoms with E-state index in [1.54, 1.807) is 0 Å². The second-order valence-electron chi connectivity index (χ2n) is 2.87. The van der Waals surface area contributed by atoms with Crippen LogP contribution in [0.5, 0.6) is 0 Å². The summed E-state index contributed by atoms with van der Waals surface area (Å²) in [6, 6.07) is 0. The van der Waals surface area contributed by atoms with Crippen LogP contribution in [0.2, 0.25) is 0 Å². The molecule has 0 aliphatic carbocycles. The lowest BCUT2D eigenvalue weighted by molar-refractivity contribution is 0.0789. The Kier molecular flexibility index (Phi) is 5.44. The number of hydrogen-bond donors (Lipinski definition) is 1. The summed E-state index contributed by atoms with van der Waals surface area (Å²) < 4.78 is 26.6. The van der Waals surface area contributed by atoms with Crippen LogP contribution >= 0.6 is 0 Å². The molecule has 12 heavy (non-hydrogen) atoms. The summed E-state index contributed by atoms with van der Waals surface area (Å²) in [4.78, 5) is 0. The maximum atomic E-state index is 10.7. The molecule has 74 valence electrons. The van der Waals surface area contributed by atoms with Gasteiger partial charge in [0.05, 0.1) is 18.5 Å². The minimum Gasteiger partial charge on any atom is -0.376 e. The van der Waals surface area contributed by atoms with E-state index in [9.17, 15) is 8.42 Å². The summed E-state index contributed by atoms with van der Waals surface area (Å²) in [6.45, 7) is 2.92. The van der Waals surface area contributed by atoms with Crippen molar-refractivity contribution in [2.24, 2.45) is 0 Å². The van der Waals surface area contributed by atoms with Crippen molar-refractivity contribution in [2.75, 3.05) is 32.2 Å². The normalized spacial score (nSPS) is 14.6. The van der Waals surface area contributed by atoms with Gasteiger partial charge < -0.3 is 10.1 Å². The lowest BCUT2D eigenvalue weighted by Gasteiger charge is -2.11. The molecule has 0 saturated heterocycles. The van der Waals surface area contributed by atoms with E-state index in [4.69, 9.17) is 4.74 Å². The van der Waals surface area contributed by atoms with Crippen LogP contribution < -0.4 is 5.32 Å². The third kappa shape index (κ3) is 7.97. The highest BCUT2D eigenvalue weighted by atomic mass is 32.2. The molecule has 0 fully saturated rings. The molecule has 0 radical (unpaired) electrons. The first-order chi connectivity index (χ1) is 5.45. The minimum atomic E-state index is -2.88. The SMILES string of the molecule is CNCC(C)OCCS(C)(=O)=O. The second kappa shape index (κ2) is 5.50. The lowest BCUT2D eigenvalue weighted by atomic mass is 10.4. The second-order valence-corrected chi connectivity index (χ2v) is 5.13. The van der Waals surface area contributed by atoms with E-state index >= 15 is 0 Å². The van der Waals surface area contributed by atoms with Crippen molar-refractivity contribution in [3.63, 3.8) is 0 Å². The molecule has 1 atom stereocenters. The van der Waals surface area contributed by atoms with Crippen molar-refractivity contribution in [1.82, 2.24) is 5.32 Å². The zero-order valence-corrected chi connectivity index (χ0v) is 8.65. The van der Waals surface area contributed by atoms with Gasteiger partial charge in [-0.2, -0.15) is 0 Å². The van der Waals surface area contributed by atoms with Gasteiger partial charge in [0, 0.05) is 12.8 Å². The Morgan fingerprint density at radius 1 is 1.50 bits per heavy atom. The molecule has 0 saturated carbocycles. The Balaban J connectivity index is 3.44. The van der Waals surface area contributed by atoms with E-state index in [1.807, 2.05) is 14.0 Å². The first kappa shape index (κ1) is 11.9. The highest BCUT2D eigenvalue weighted by Gasteiger charge is 2.04. The van der Waals surface area contributed by atoms with Crippen molar-refractivity contribution in [3.8, 4) is 0 Å². The van der Waals surface area contributed by atoms with Crippen LogP contribution in [-0.2, 0) is 14.6 Å². The molecule has 0 aromatic rings. The van der Waals surface area contributed by atoms with Crippen LogP contribution in [0.3, 0.4) is 0 Å². The zero-order chi connectivity index (χ0) is 9.61. The topological polar surface area (TPSA) is 55.4 Å². The molecular weight excluding hydrogens is 178 g/mol. The third-order valence-electron chi connectivity index (χ3n) is 1.35. The van der Waals surface area contributed by atoms with Crippen molar-refractivity contribution in [3.05, 3.63) is 0 Å². The summed E-state index contributed by atoms with van der Waals surface area (Å²) in [7, 11) is -1.05. The number of likely N-dealkylation sites (N-methyl/N-ethyl adjacent to an activating group) is 1. The lowest BCUT2D eigenvalue weighted by Crippen LogP contribution is -2.25. The third-order valence-corrected chi connectivity index (χ3v) is 2.26. The molecule has 0 spiro atoms. The van der Waals surface area contributed by atoms with E-state index in [1.165, 1.54) is 6.26 Å². The Bertz CT molecular complexity index is 201. The number of ether oxygens (including phenoxy) is 1. The standard InChI is InChI=1S/C7H17NO3S/c1-7(6-8-2)11-4-5-12(3,9)10/h7-8H,4-6H2,1-3H3. The zero-order valence-electron chi connectivity index (χ0n) is 7.83. The van der Waals surface area contributed by atoms with Gasteiger partial charge in [-0.25, -0.2) is 8.42 Å². The van der Waals surface area contributed by atoms with Gasteiger partial charge in [0.1, 0.15) is 9.84 Å². The van der Waals surface area contributed by atoms with Crippen molar-refractivity contribution in [2.45, 2.75) is 13.0 Å². The number of rotatable bonds is 6. The molecule has 1 N–H and O–H groups in total. The van der Waals surface area contributed by atoms with Crippen molar-refractivity contribution in [1.29, 1.82) is 0 Å². The van der Waals surface area contributed by atoms with Gasteiger partial charge in [0.2, 0.25) is 0 Å². The molecule has 4 nitrogen and oxygen atoms in total. The van der Waals surface area contributed by atoms with Crippen LogP contribution in [0.4, 0.5) is 0 Å². The first-order valence-corrected chi connectivity index (χ1v) is 5.95. The average Bonchev–Trinajstić information content (AvgIpc) is 1.84. The van der Waals surface area contributed by atoms with E-state index in [0.717, 1.165) is 6.54 Å². The maximum Gasteiger partial charge on any atom is 0.149 e. The summed E-state index contributed by atoms with van der Waals surface area (Å²) in [5.41, 5.74) is 0. The Hall–Kier alpha value is -0.130. The Morgan fingerprint density at radius 2 is 2.08 bits per heavy atom. The maximum absolute atomic E-state index is 10.7. The van der Waals surface area contributed by atoms with Gasteiger partial charge in [0.25, 0.3) is 0 Å². The van der Waals surface area contributed by atoms with Gasteiger partial charge in [-0.05, 0) is 14.0 Å². The molecule has 0 aliphatic heterocycles. The summed E-state index contributed by atoms with van der Waals surface area (Å²) >= 11 is 0. The Morgan fingerprint density at radius 3 is 2.50 bits per heavy atom. The fraction of sp³-hybridized carbons (Fsp3) is 1.00. The first-order valence-electron chi connectivity index (χ1n) is 3.89.